The summed E-state index contributed by atoms with van der Waals surface area (Å²) in [6.07, 6.45) is -2.95. The lowest BCUT2D eigenvalue weighted by molar-refractivity contribution is -0.179. The van der Waals surface area contributed by atoms with Gasteiger partial charge in [0.25, 0.3) is 0 Å². The van der Waals surface area contributed by atoms with Crippen LogP contribution in [0.25, 0.3) is 22.5 Å². The lowest BCUT2D eigenvalue weighted by atomic mass is 9.91. The molecule has 0 spiro atoms. The maximum Gasteiger partial charge on any atom is 0.223 e. The van der Waals surface area contributed by atoms with Gasteiger partial charge in [-0.2, -0.15) is 4.98 Å². The van der Waals surface area contributed by atoms with Crippen molar-refractivity contribution in [2.24, 2.45) is 0 Å². The Morgan fingerprint density at radius 3 is 2.46 bits per heavy atom. The molecule has 3 aromatic rings. The molecule has 1 saturated heterocycles. The molecule has 0 bridgehead atoms. The van der Waals surface area contributed by atoms with Gasteiger partial charge >= 0.3 is 0 Å². The molecule has 0 aliphatic carbocycles. The zero-order valence-corrected chi connectivity index (χ0v) is 15.4. The third-order valence-electron chi connectivity index (χ3n) is 4.97. The summed E-state index contributed by atoms with van der Waals surface area (Å²) >= 11 is 0. The first kappa shape index (κ1) is 18.8. The van der Waals surface area contributed by atoms with Crippen LogP contribution in [-0.4, -0.2) is 50.4 Å². The zero-order chi connectivity index (χ0) is 19.7. The summed E-state index contributed by atoms with van der Waals surface area (Å²) in [5.74, 6) is 1.06. The van der Waals surface area contributed by atoms with Crippen molar-refractivity contribution in [3.05, 3.63) is 60.0 Å². The molecule has 4 rings (SSSR count). The van der Waals surface area contributed by atoms with Crippen molar-refractivity contribution < 1.29 is 24.6 Å². The molecule has 0 amide bonds. The SMILES string of the molecule is Cc1nc(-c2ccc(-c3cccc([C@H]4O[C@H](CO)C[C@H](O)[C@@H]4O)c3)cc2)no1. The normalized spacial score (nSPS) is 25.0. The Hall–Kier alpha value is -2.58. The zero-order valence-electron chi connectivity index (χ0n) is 15.4. The van der Waals surface area contributed by atoms with Gasteiger partial charge in [-0.25, -0.2) is 0 Å². The van der Waals surface area contributed by atoms with Gasteiger partial charge in [0.15, 0.2) is 0 Å². The number of aromatic nitrogens is 2. The number of aryl methyl sites for hydroxylation is 1. The average Bonchev–Trinajstić information content (AvgIpc) is 3.16. The fraction of sp³-hybridized carbons (Fsp3) is 0.333. The first-order valence-corrected chi connectivity index (χ1v) is 9.18. The van der Waals surface area contributed by atoms with E-state index in [1.807, 2.05) is 48.5 Å². The van der Waals surface area contributed by atoms with Crippen LogP contribution in [0.1, 0.15) is 24.0 Å². The lowest BCUT2D eigenvalue weighted by Crippen LogP contribution is -2.44. The minimum absolute atomic E-state index is 0.197. The van der Waals surface area contributed by atoms with Crippen LogP contribution >= 0.6 is 0 Å². The Morgan fingerprint density at radius 2 is 1.79 bits per heavy atom. The van der Waals surface area contributed by atoms with Gasteiger partial charge in [-0.05, 0) is 22.8 Å². The number of nitrogens with zero attached hydrogens (tertiary/aromatic N) is 2. The smallest absolute Gasteiger partial charge is 0.223 e. The Kier molecular flexibility index (Phi) is 5.23. The highest BCUT2D eigenvalue weighted by atomic mass is 16.5. The largest absolute Gasteiger partial charge is 0.394 e. The summed E-state index contributed by atoms with van der Waals surface area (Å²) in [5, 5.41) is 33.7. The molecule has 0 saturated carbocycles. The van der Waals surface area contributed by atoms with Gasteiger partial charge in [-0.15, -0.1) is 0 Å². The van der Waals surface area contributed by atoms with E-state index in [0.717, 1.165) is 22.3 Å². The van der Waals surface area contributed by atoms with Crippen LogP contribution < -0.4 is 0 Å². The molecule has 1 aromatic heterocycles. The van der Waals surface area contributed by atoms with E-state index in [0.29, 0.717) is 11.7 Å². The molecule has 1 aliphatic rings. The van der Waals surface area contributed by atoms with Crippen LogP contribution in [0.3, 0.4) is 0 Å². The predicted octanol–water partition coefficient (Wildman–Crippen LogP) is 2.26. The van der Waals surface area contributed by atoms with E-state index in [9.17, 15) is 15.3 Å². The van der Waals surface area contributed by atoms with E-state index in [1.165, 1.54) is 0 Å². The molecule has 146 valence electrons. The minimum atomic E-state index is -1.04. The molecule has 2 aromatic carbocycles. The summed E-state index contributed by atoms with van der Waals surface area (Å²) in [7, 11) is 0. The third-order valence-corrected chi connectivity index (χ3v) is 4.97. The van der Waals surface area contributed by atoms with E-state index >= 15 is 0 Å². The Bertz CT molecular complexity index is 940. The fourth-order valence-electron chi connectivity index (χ4n) is 3.47. The third kappa shape index (κ3) is 3.70. The van der Waals surface area contributed by atoms with Gasteiger partial charge in [-0.1, -0.05) is 47.6 Å². The van der Waals surface area contributed by atoms with Crippen LogP contribution in [0.5, 0.6) is 0 Å². The molecule has 1 fully saturated rings. The topological polar surface area (TPSA) is 109 Å². The monoisotopic (exact) mass is 382 g/mol. The van der Waals surface area contributed by atoms with E-state index in [1.54, 1.807) is 6.92 Å². The maximum absolute atomic E-state index is 10.4. The molecule has 3 N–H and O–H groups in total. The molecule has 7 heteroatoms. The van der Waals surface area contributed by atoms with Crippen molar-refractivity contribution in [1.82, 2.24) is 10.1 Å². The van der Waals surface area contributed by atoms with Crippen molar-refractivity contribution in [3.8, 4) is 22.5 Å². The highest BCUT2D eigenvalue weighted by Gasteiger charge is 2.37. The highest BCUT2D eigenvalue weighted by molar-refractivity contribution is 5.68. The summed E-state index contributed by atoms with van der Waals surface area (Å²) < 4.78 is 10.8. The van der Waals surface area contributed by atoms with Gasteiger partial charge in [0.1, 0.15) is 12.2 Å². The summed E-state index contributed by atoms with van der Waals surface area (Å²) in [6.45, 7) is 1.55. The number of ether oxygens (including phenoxy) is 1. The molecular formula is C21H22N2O5. The first-order valence-electron chi connectivity index (χ1n) is 9.18. The van der Waals surface area contributed by atoms with Crippen LogP contribution in [0.4, 0.5) is 0 Å². The van der Waals surface area contributed by atoms with Gasteiger partial charge in [0.2, 0.25) is 11.7 Å². The second-order valence-corrected chi connectivity index (χ2v) is 6.99. The molecule has 2 heterocycles. The second kappa shape index (κ2) is 7.81. The Balaban J connectivity index is 1.60. The van der Waals surface area contributed by atoms with Crippen LogP contribution in [-0.2, 0) is 4.74 Å². The van der Waals surface area contributed by atoms with Crippen LogP contribution in [0.2, 0.25) is 0 Å². The number of hydrogen-bond donors (Lipinski definition) is 3. The van der Waals surface area contributed by atoms with Gasteiger partial charge < -0.3 is 24.6 Å². The van der Waals surface area contributed by atoms with E-state index in [4.69, 9.17) is 9.26 Å². The first-order chi connectivity index (χ1) is 13.5. The summed E-state index contributed by atoms with van der Waals surface area (Å²) in [5.41, 5.74) is 3.54. The molecule has 0 radical (unpaired) electrons. The minimum Gasteiger partial charge on any atom is -0.394 e. The highest BCUT2D eigenvalue weighted by Crippen LogP contribution is 2.34. The van der Waals surface area contributed by atoms with E-state index < -0.39 is 24.4 Å². The van der Waals surface area contributed by atoms with Crippen molar-refractivity contribution in [2.45, 2.75) is 37.8 Å². The number of aliphatic hydroxyl groups excluding tert-OH is 3. The maximum atomic E-state index is 10.4. The molecule has 28 heavy (non-hydrogen) atoms. The molecule has 0 unspecified atom stereocenters. The van der Waals surface area contributed by atoms with E-state index in [2.05, 4.69) is 10.1 Å². The second-order valence-electron chi connectivity index (χ2n) is 6.99. The van der Waals surface area contributed by atoms with Crippen molar-refractivity contribution in [2.75, 3.05) is 6.61 Å². The summed E-state index contributed by atoms with van der Waals surface area (Å²) in [4.78, 5) is 4.22. The lowest BCUT2D eigenvalue weighted by Gasteiger charge is -2.37. The predicted molar refractivity (Wildman–Crippen MR) is 101 cm³/mol. The van der Waals surface area contributed by atoms with Crippen LogP contribution in [0, 0.1) is 6.92 Å². The number of hydrogen-bond acceptors (Lipinski definition) is 7. The fourth-order valence-corrected chi connectivity index (χ4v) is 3.47. The van der Waals surface area contributed by atoms with Gasteiger partial charge in [0.05, 0.1) is 18.8 Å². The Morgan fingerprint density at radius 1 is 1.04 bits per heavy atom. The van der Waals surface area contributed by atoms with Crippen LogP contribution in [0.15, 0.2) is 53.1 Å². The van der Waals surface area contributed by atoms with Crippen molar-refractivity contribution >= 4 is 0 Å². The molecular weight excluding hydrogens is 360 g/mol. The number of rotatable bonds is 4. The quantitative estimate of drug-likeness (QED) is 0.635. The Labute approximate surface area is 162 Å². The molecule has 7 nitrogen and oxygen atoms in total. The average molecular weight is 382 g/mol. The number of benzene rings is 2. The molecule has 1 aliphatic heterocycles. The number of aliphatic hydroxyl groups is 3. The van der Waals surface area contributed by atoms with Gasteiger partial charge in [-0.3, -0.25) is 0 Å². The van der Waals surface area contributed by atoms with Gasteiger partial charge in [0, 0.05) is 18.9 Å². The van der Waals surface area contributed by atoms with E-state index in [-0.39, 0.29) is 13.0 Å². The summed E-state index contributed by atoms with van der Waals surface area (Å²) in [6, 6.07) is 15.4. The standard InChI is InChI=1S/C21H22N2O5/c1-12-22-21(23-28-12)14-7-5-13(6-8-14)15-3-2-4-16(9-15)20-19(26)18(25)10-17(11-24)27-20/h2-9,17-20,24-26H,10-11H2,1H3/t17-,18-,19-,20+/m0/s1. The molecule has 4 atom stereocenters. The van der Waals surface area contributed by atoms with Crippen molar-refractivity contribution in [1.29, 1.82) is 0 Å². The van der Waals surface area contributed by atoms with Crippen molar-refractivity contribution in [3.63, 3.8) is 0 Å².